The molecule has 3 aromatic rings. The van der Waals surface area contributed by atoms with Crippen LogP contribution in [0.1, 0.15) is 36.5 Å². The lowest BCUT2D eigenvalue weighted by Gasteiger charge is -2.23. The Morgan fingerprint density at radius 1 is 0.737 bits per heavy atom. The number of hydrogen-bond donors (Lipinski definition) is 0. The molecule has 0 aromatic heterocycles. The number of rotatable bonds is 17. The van der Waals surface area contributed by atoms with E-state index in [4.69, 9.17) is 23.7 Å². The highest BCUT2D eigenvalue weighted by molar-refractivity contribution is 5.27. The van der Waals surface area contributed by atoms with Gasteiger partial charge in [0, 0.05) is 6.42 Å². The highest BCUT2D eigenvalue weighted by Crippen LogP contribution is 2.20. The number of hydrogen-bond acceptors (Lipinski definition) is 5. The van der Waals surface area contributed by atoms with Crippen molar-refractivity contribution in [2.24, 2.45) is 0 Å². The highest BCUT2D eigenvalue weighted by atomic mass is 16.5. The Hall–Kier alpha value is -3.38. The fourth-order valence-corrected chi connectivity index (χ4v) is 3.96. The SMILES string of the molecule is C=C[C@H](C[C@H](C/C(C)=C/COCc1ccc(OC)cc1)OCc1ccccc1)OCc1ccc(OC)cc1. The van der Waals surface area contributed by atoms with E-state index < -0.39 is 0 Å². The minimum absolute atomic E-state index is 0.0214. The zero-order valence-corrected chi connectivity index (χ0v) is 22.8. The Morgan fingerprint density at radius 3 is 1.87 bits per heavy atom. The van der Waals surface area contributed by atoms with Crippen molar-refractivity contribution in [3.8, 4) is 11.5 Å². The van der Waals surface area contributed by atoms with Crippen molar-refractivity contribution in [3.05, 3.63) is 120 Å². The molecule has 0 radical (unpaired) electrons. The van der Waals surface area contributed by atoms with Crippen LogP contribution in [0.4, 0.5) is 0 Å². The van der Waals surface area contributed by atoms with Gasteiger partial charge in [0.05, 0.1) is 52.9 Å². The van der Waals surface area contributed by atoms with Crippen molar-refractivity contribution < 1.29 is 23.7 Å². The van der Waals surface area contributed by atoms with Crippen LogP contribution in [0.2, 0.25) is 0 Å². The largest absolute Gasteiger partial charge is 0.497 e. The molecule has 0 amide bonds. The van der Waals surface area contributed by atoms with Crippen LogP contribution < -0.4 is 9.47 Å². The van der Waals surface area contributed by atoms with Gasteiger partial charge in [0.15, 0.2) is 0 Å². The minimum Gasteiger partial charge on any atom is -0.497 e. The predicted octanol–water partition coefficient (Wildman–Crippen LogP) is 7.30. The van der Waals surface area contributed by atoms with Gasteiger partial charge in [-0.15, -0.1) is 6.58 Å². The van der Waals surface area contributed by atoms with Gasteiger partial charge in [-0.25, -0.2) is 0 Å². The summed E-state index contributed by atoms with van der Waals surface area (Å²) in [6.45, 7) is 8.28. The van der Waals surface area contributed by atoms with Gasteiger partial charge in [-0.1, -0.05) is 72.3 Å². The molecule has 0 spiro atoms. The van der Waals surface area contributed by atoms with Gasteiger partial charge in [-0.3, -0.25) is 0 Å². The first-order chi connectivity index (χ1) is 18.6. The van der Waals surface area contributed by atoms with Crippen molar-refractivity contribution in [1.82, 2.24) is 0 Å². The van der Waals surface area contributed by atoms with E-state index in [2.05, 4.69) is 31.7 Å². The lowest BCUT2D eigenvalue weighted by Crippen LogP contribution is -2.22. The number of benzene rings is 3. The molecule has 202 valence electrons. The van der Waals surface area contributed by atoms with Gasteiger partial charge in [0.1, 0.15) is 11.5 Å². The van der Waals surface area contributed by atoms with Crippen molar-refractivity contribution in [2.75, 3.05) is 20.8 Å². The number of methoxy groups -OCH3 is 2. The second kappa shape index (κ2) is 16.5. The molecule has 0 aliphatic rings. The van der Waals surface area contributed by atoms with E-state index in [0.717, 1.165) is 34.6 Å². The average molecular weight is 517 g/mol. The van der Waals surface area contributed by atoms with Gasteiger partial charge < -0.3 is 23.7 Å². The summed E-state index contributed by atoms with van der Waals surface area (Å²) in [5.74, 6) is 1.68. The van der Waals surface area contributed by atoms with Gasteiger partial charge in [-0.05, 0) is 54.3 Å². The summed E-state index contributed by atoms with van der Waals surface area (Å²) in [5, 5.41) is 0. The molecule has 0 aliphatic carbocycles. The molecule has 38 heavy (non-hydrogen) atoms. The van der Waals surface area contributed by atoms with Gasteiger partial charge >= 0.3 is 0 Å². The van der Waals surface area contributed by atoms with E-state index >= 15 is 0 Å². The van der Waals surface area contributed by atoms with E-state index in [1.807, 2.05) is 72.8 Å². The summed E-state index contributed by atoms with van der Waals surface area (Å²) in [6, 6.07) is 26.1. The molecule has 3 rings (SSSR count). The van der Waals surface area contributed by atoms with Crippen molar-refractivity contribution >= 4 is 0 Å². The van der Waals surface area contributed by atoms with E-state index in [9.17, 15) is 0 Å². The zero-order chi connectivity index (χ0) is 27.0. The van der Waals surface area contributed by atoms with E-state index in [1.54, 1.807) is 14.2 Å². The van der Waals surface area contributed by atoms with Crippen molar-refractivity contribution in [3.63, 3.8) is 0 Å². The van der Waals surface area contributed by atoms with Crippen molar-refractivity contribution in [2.45, 2.75) is 51.8 Å². The van der Waals surface area contributed by atoms with Crippen molar-refractivity contribution in [1.29, 1.82) is 0 Å². The topological polar surface area (TPSA) is 46.2 Å². The molecule has 2 atom stereocenters. The van der Waals surface area contributed by atoms with Gasteiger partial charge in [0.2, 0.25) is 0 Å². The molecule has 5 heteroatoms. The highest BCUT2D eigenvalue weighted by Gasteiger charge is 2.17. The first-order valence-electron chi connectivity index (χ1n) is 13.0. The predicted molar refractivity (Wildman–Crippen MR) is 152 cm³/mol. The molecule has 0 unspecified atom stereocenters. The monoisotopic (exact) mass is 516 g/mol. The van der Waals surface area contributed by atoms with Crippen LogP contribution in [-0.4, -0.2) is 33.0 Å². The summed E-state index contributed by atoms with van der Waals surface area (Å²) < 4.78 is 28.9. The maximum atomic E-state index is 6.37. The maximum absolute atomic E-state index is 6.37. The summed E-state index contributed by atoms with van der Waals surface area (Å²) in [6.07, 6.45) is 5.34. The smallest absolute Gasteiger partial charge is 0.118 e. The summed E-state index contributed by atoms with van der Waals surface area (Å²) >= 11 is 0. The van der Waals surface area contributed by atoms with Crippen LogP contribution in [0.25, 0.3) is 0 Å². The molecule has 0 fully saturated rings. The molecule has 0 N–H and O–H groups in total. The fraction of sp³-hybridized carbons (Fsp3) is 0.333. The van der Waals surface area contributed by atoms with Crippen LogP contribution in [0.5, 0.6) is 11.5 Å². The normalized spacial score (nSPS) is 13.1. The van der Waals surface area contributed by atoms with E-state index in [0.29, 0.717) is 32.8 Å². The quantitative estimate of drug-likeness (QED) is 0.139. The summed E-state index contributed by atoms with van der Waals surface area (Å²) in [7, 11) is 3.33. The molecular weight excluding hydrogens is 476 g/mol. The molecular formula is C33H40O5. The first kappa shape index (κ1) is 29.2. The molecule has 0 heterocycles. The lowest BCUT2D eigenvalue weighted by atomic mass is 10.0. The third-order valence-electron chi connectivity index (χ3n) is 6.24. The Labute approximate surface area is 227 Å². The molecule has 0 aliphatic heterocycles. The molecule has 0 bridgehead atoms. The fourth-order valence-electron chi connectivity index (χ4n) is 3.96. The second-order valence-electron chi connectivity index (χ2n) is 9.21. The second-order valence-corrected chi connectivity index (χ2v) is 9.21. The summed E-state index contributed by atoms with van der Waals surface area (Å²) in [4.78, 5) is 0. The first-order valence-corrected chi connectivity index (χ1v) is 13.0. The van der Waals surface area contributed by atoms with E-state index in [-0.39, 0.29) is 12.2 Å². The van der Waals surface area contributed by atoms with E-state index in [1.165, 1.54) is 5.57 Å². The third-order valence-corrected chi connectivity index (χ3v) is 6.24. The maximum Gasteiger partial charge on any atom is 0.118 e. The van der Waals surface area contributed by atoms with Crippen LogP contribution in [0, 0.1) is 0 Å². The number of ether oxygens (including phenoxy) is 5. The van der Waals surface area contributed by atoms with Gasteiger partial charge in [-0.2, -0.15) is 0 Å². The molecule has 3 aromatic carbocycles. The van der Waals surface area contributed by atoms with Crippen LogP contribution in [0.3, 0.4) is 0 Å². The summed E-state index contributed by atoms with van der Waals surface area (Å²) in [5.41, 5.74) is 4.57. The van der Waals surface area contributed by atoms with Crippen LogP contribution >= 0.6 is 0 Å². The van der Waals surface area contributed by atoms with Gasteiger partial charge in [0.25, 0.3) is 0 Å². The molecule has 0 saturated carbocycles. The Bertz CT molecular complexity index is 1090. The molecule has 0 saturated heterocycles. The Kier molecular flexibility index (Phi) is 12.6. The third kappa shape index (κ3) is 10.5. The minimum atomic E-state index is -0.128. The Morgan fingerprint density at radius 2 is 1.29 bits per heavy atom. The zero-order valence-electron chi connectivity index (χ0n) is 22.8. The standard InChI is InChI=1S/C33H40O5/c1-5-30(37-25-29-13-17-32(35-4)18-14-29)22-33(38-24-27-9-7-6-8-10-27)21-26(2)19-20-36-23-28-11-15-31(34-3)16-12-28/h5-19,30,33H,1,20-25H2,2-4H3/b26-19+/t30-,33+/m1/s1. The average Bonchev–Trinajstić information content (AvgIpc) is 2.97. The Balaban J connectivity index is 1.54. The van der Waals surface area contributed by atoms with Crippen LogP contribution in [0.15, 0.2) is 103 Å². The molecule has 5 nitrogen and oxygen atoms in total. The van der Waals surface area contributed by atoms with Crippen LogP contribution in [-0.2, 0) is 34.0 Å². The lowest BCUT2D eigenvalue weighted by molar-refractivity contribution is -0.0124.